The quantitative estimate of drug-likeness (QED) is 0.790. The highest BCUT2D eigenvalue weighted by Gasteiger charge is 2.03. The van der Waals surface area contributed by atoms with Crippen molar-refractivity contribution in [3.05, 3.63) is 48.8 Å². The minimum Gasteiger partial charge on any atom is -0.397 e. The smallest absolute Gasteiger partial charge is 0.160 e. The fraction of sp³-hybridized carbons (Fsp3) is 0. The molecule has 4 heteroatoms. The minimum absolute atomic E-state index is 0.417. The monoisotopic (exact) mass is 212 g/mol. The van der Waals surface area contributed by atoms with Crippen LogP contribution in [0.25, 0.3) is 22.4 Å². The normalized spacial score (nSPS) is 10.2. The molecule has 0 aromatic carbocycles. The van der Waals surface area contributed by atoms with Gasteiger partial charge in [-0.25, -0.2) is 9.97 Å². The summed E-state index contributed by atoms with van der Waals surface area (Å²) in [5.74, 6) is 0. The molecule has 0 amide bonds. The number of aromatic nitrogens is 2. The molecule has 2 aromatic heterocycles. The van der Waals surface area contributed by atoms with Gasteiger partial charge in [-0.1, -0.05) is 13.2 Å². The first-order valence-corrected chi connectivity index (χ1v) is 4.75. The molecule has 0 aliphatic rings. The lowest BCUT2D eigenvalue weighted by Gasteiger charge is -2.03. The fourth-order valence-electron chi connectivity index (χ4n) is 1.36. The SMILES string of the molecule is C=C(N)c1ccc2ccc(C(=C)N)nc2n1. The lowest BCUT2D eigenvalue weighted by atomic mass is 10.2. The second-order valence-electron chi connectivity index (χ2n) is 3.49. The molecule has 0 aliphatic heterocycles. The molecular formula is C12H12N4. The van der Waals surface area contributed by atoms with E-state index in [-0.39, 0.29) is 0 Å². The Bertz CT molecular complexity index is 538. The average Bonchev–Trinajstić information content (AvgIpc) is 2.27. The summed E-state index contributed by atoms with van der Waals surface area (Å²) in [6.45, 7) is 7.27. The zero-order valence-corrected chi connectivity index (χ0v) is 8.77. The van der Waals surface area contributed by atoms with Crippen molar-refractivity contribution >= 4 is 22.4 Å². The summed E-state index contributed by atoms with van der Waals surface area (Å²) in [6.07, 6.45) is 0. The van der Waals surface area contributed by atoms with Gasteiger partial charge in [0.15, 0.2) is 5.65 Å². The number of fused-ring (bicyclic) bond motifs is 1. The van der Waals surface area contributed by atoms with Gasteiger partial charge >= 0.3 is 0 Å². The summed E-state index contributed by atoms with van der Waals surface area (Å²) >= 11 is 0. The third-order valence-electron chi connectivity index (χ3n) is 2.21. The van der Waals surface area contributed by atoms with Gasteiger partial charge < -0.3 is 11.5 Å². The van der Waals surface area contributed by atoms with E-state index < -0.39 is 0 Å². The second kappa shape index (κ2) is 3.66. The van der Waals surface area contributed by atoms with E-state index in [1.165, 1.54) is 0 Å². The predicted octanol–water partition coefficient (Wildman–Crippen LogP) is 1.49. The summed E-state index contributed by atoms with van der Waals surface area (Å²) in [5, 5.41) is 0.926. The van der Waals surface area contributed by atoms with Crippen LogP contribution in [0.1, 0.15) is 11.4 Å². The zero-order valence-electron chi connectivity index (χ0n) is 8.77. The van der Waals surface area contributed by atoms with Crippen LogP contribution in [-0.4, -0.2) is 9.97 Å². The molecule has 0 atom stereocenters. The largest absolute Gasteiger partial charge is 0.397 e. The van der Waals surface area contributed by atoms with Crippen LogP contribution in [0, 0.1) is 0 Å². The van der Waals surface area contributed by atoms with Gasteiger partial charge in [-0.15, -0.1) is 0 Å². The van der Waals surface area contributed by atoms with Crippen LogP contribution in [-0.2, 0) is 0 Å². The molecule has 16 heavy (non-hydrogen) atoms. The Morgan fingerprint density at radius 3 is 1.69 bits per heavy atom. The van der Waals surface area contributed by atoms with Crippen molar-refractivity contribution < 1.29 is 0 Å². The van der Waals surface area contributed by atoms with Crippen LogP contribution in [0.15, 0.2) is 37.4 Å². The highest BCUT2D eigenvalue weighted by molar-refractivity contribution is 5.79. The maximum Gasteiger partial charge on any atom is 0.160 e. The molecule has 80 valence electrons. The Labute approximate surface area is 93.3 Å². The van der Waals surface area contributed by atoms with E-state index in [0.29, 0.717) is 28.4 Å². The Hall–Kier alpha value is -2.36. The topological polar surface area (TPSA) is 77.8 Å². The number of hydrogen-bond donors (Lipinski definition) is 2. The third kappa shape index (κ3) is 1.72. The van der Waals surface area contributed by atoms with E-state index in [1.807, 2.05) is 24.3 Å². The summed E-state index contributed by atoms with van der Waals surface area (Å²) in [5.41, 5.74) is 13.8. The summed E-state index contributed by atoms with van der Waals surface area (Å²) in [6, 6.07) is 7.41. The highest BCUT2D eigenvalue weighted by Crippen LogP contribution is 2.15. The standard InChI is InChI=1S/C12H12N4/c1-7(13)10-5-3-9-4-6-11(8(2)14)16-12(9)15-10/h3-6H,1-2,13-14H2. The van der Waals surface area contributed by atoms with Crippen molar-refractivity contribution in [2.45, 2.75) is 0 Å². The molecule has 4 N–H and O–H groups in total. The predicted molar refractivity (Wildman–Crippen MR) is 66.0 cm³/mol. The first-order valence-electron chi connectivity index (χ1n) is 4.75. The van der Waals surface area contributed by atoms with Crippen molar-refractivity contribution in [1.29, 1.82) is 0 Å². The van der Waals surface area contributed by atoms with Gasteiger partial charge in [-0.05, 0) is 24.3 Å². The molecule has 0 radical (unpaired) electrons. The molecule has 0 spiro atoms. The fourth-order valence-corrected chi connectivity index (χ4v) is 1.36. The van der Waals surface area contributed by atoms with Gasteiger partial charge in [0, 0.05) is 5.39 Å². The van der Waals surface area contributed by atoms with Crippen molar-refractivity contribution in [1.82, 2.24) is 9.97 Å². The molecule has 0 saturated carbocycles. The molecule has 4 nitrogen and oxygen atoms in total. The van der Waals surface area contributed by atoms with Crippen LogP contribution in [0.3, 0.4) is 0 Å². The number of nitrogens with zero attached hydrogens (tertiary/aromatic N) is 2. The first kappa shape index (κ1) is 10.2. The van der Waals surface area contributed by atoms with Gasteiger partial charge in [0.05, 0.1) is 22.8 Å². The Morgan fingerprint density at radius 1 is 0.875 bits per heavy atom. The molecule has 2 heterocycles. The van der Waals surface area contributed by atoms with E-state index in [2.05, 4.69) is 23.1 Å². The number of rotatable bonds is 2. The lowest BCUT2D eigenvalue weighted by molar-refractivity contribution is 1.22. The molecule has 0 aliphatic carbocycles. The Balaban J connectivity index is 2.65. The van der Waals surface area contributed by atoms with Crippen LogP contribution < -0.4 is 11.5 Å². The third-order valence-corrected chi connectivity index (χ3v) is 2.21. The first-order chi connectivity index (χ1) is 7.58. The molecule has 0 fully saturated rings. The molecule has 2 rings (SSSR count). The van der Waals surface area contributed by atoms with Crippen molar-refractivity contribution in [2.75, 3.05) is 0 Å². The van der Waals surface area contributed by atoms with Gasteiger partial charge in [-0.3, -0.25) is 0 Å². The summed E-state index contributed by atoms with van der Waals surface area (Å²) < 4.78 is 0. The Morgan fingerprint density at radius 2 is 1.31 bits per heavy atom. The van der Waals surface area contributed by atoms with E-state index in [1.54, 1.807) is 0 Å². The molecule has 0 unspecified atom stereocenters. The van der Waals surface area contributed by atoms with Crippen LogP contribution in [0.2, 0.25) is 0 Å². The average molecular weight is 212 g/mol. The van der Waals surface area contributed by atoms with Crippen molar-refractivity contribution in [3.8, 4) is 0 Å². The number of nitrogens with two attached hydrogens (primary N) is 2. The zero-order chi connectivity index (χ0) is 11.7. The molecular weight excluding hydrogens is 200 g/mol. The van der Waals surface area contributed by atoms with E-state index >= 15 is 0 Å². The van der Waals surface area contributed by atoms with Crippen LogP contribution in [0.5, 0.6) is 0 Å². The molecule has 0 saturated heterocycles. The maximum atomic E-state index is 5.58. The summed E-state index contributed by atoms with van der Waals surface area (Å²) in [7, 11) is 0. The van der Waals surface area contributed by atoms with Crippen LogP contribution in [0.4, 0.5) is 0 Å². The number of pyridine rings is 2. The summed E-state index contributed by atoms with van der Waals surface area (Å²) in [4.78, 5) is 8.57. The lowest BCUT2D eigenvalue weighted by Crippen LogP contribution is -2.01. The van der Waals surface area contributed by atoms with Gasteiger partial charge in [0.1, 0.15) is 0 Å². The van der Waals surface area contributed by atoms with Crippen molar-refractivity contribution in [3.63, 3.8) is 0 Å². The van der Waals surface area contributed by atoms with Gasteiger partial charge in [0.25, 0.3) is 0 Å². The van der Waals surface area contributed by atoms with Gasteiger partial charge in [0.2, 0.25) is 0 Å². The maximum absolute atomic E-state index is 5.58. The minimum atomic E-state index is 0.417. The Kier molecular flexibility index (Phi) is 2.32. The van der Waals surface area contributed by atoms with E-state index in [9.17, 15) is 0 Å². The van der Waals surface area contributed by atoms with E-state index in [4.69, 9.17) is 11.5 Å². The molecule has 2 aromatic rings. The van der Waals surface area contributed by atoms with Crippen molar-refractivity contribution in [2.24, 2.45) is 11.5 Å². The van der Waals surface area contributed by atoms with Crippen LogP contribution >= 0.6 is 0 Å². The van der Waals surface area contributed by atoms with E-state index in [0.717, 1.165) is 5.39 Å². The highest BCUT2D eigenvalue weighted by atomic mass is 14.9. The number of hydrogen-bond acceptors (Lipinski definition) is 4. The second-order valence-corrected chi connectivity index (χ2v) is 3.49. The molecule has 0 bridgehead atoms. The van der Waals surface area contributed by atoms with Gasteiger partial charge in [-0.2, -0.15) is 0 Å².